The van der Waals surface area contributed by atoms with Crippen LogP contribution in [0.4, 0.5) is 0 Å². The number of nitrogens with zero attached hydrogens (tertiary/aromatic N) is 1. The van der Waals surface area contributed by atoms with Crippen LogP contribution >= 0.6 is 0 Å². The standard InChI is InChI=1S/C18H28N2O/c1-13-11-17(18(19)16-9-4-3-8-15(13)16)20(2)12-14-7-5-6-10-21-14/h3-4,8-9,13-14,17-18H,5-7,10-12,19H2,1-2H3. The maximum absolute atomic E-state index is 6.58. The van der Waals surface area contributed by atoms with Crippen LogP contribution in [0.1, 0.15) is 55.7 Å². The first-order valence-corrected chi connectivity index (χ1v) is 8.33. The van der Waals surface area contributed by atoms with Crippen LogP contribution < -0.4 is 5.73 Å². The molecule has 4 unspecified atom stereocenters. The second-order valence-corrected chi connectivity index (χ2v) is 6.79. The van der Waals surface area contributed by atoms with Gasteiger partial charge in [0.05, 0.1) is 6.10 Å². The summed E-state index contributed by atoms with van der Waals surface area (Å²) in [6.07, 6.45) is 5.24. The molecule has 1 aliphatic heterocycles. The Morgan fingerprint density at radius 2 is 2.00 bits per heavy atom. The average Bonchev–Trinajstić information content (AvgIpc) is 2.52. The molecule has 2 N–H and O–H groups in total. The minimum atomic E-state index is 0.117. The Balaban J connectivity index is 1.71. The summed E-state index contributed by atoms with van der Waals surface area (Å²) in [5.74, 6) is 0.584. The fraction of sp³-hybridized carbons (Fsp3) is 0.667. The molecule has 21 heavy (non-hydrogen) atoms. The summed E-state index contributed by atoms with van der Waals surface area (Å²) in [7, 11) is 2.21. The molecule has 0 amide bonds. The van der Waals surface area contributed by atoms with E-state index >= 15 is 0 Å². The first-order valence-electron chi connectivity index (χ1n) is 8.33. The van der Waals surface area contributed by atoms with Crippen molar-refractivity contribution in [2.24, 2.45) is 5.73 Å². The molecule has 1 aromatic rings. The van der Waals surface area contributed by atoms with Crippen LogP contribution in [0.5, 0.6) is 0 Å². The third-order valence-corrected chi connectivity index (χ3v) is 5.23. The van der Waals surface area contributed by atoms with Crippen LogP contribution in [0.3, 0.4) is 0 Å². The lowest BCUT2D eigenvalue weighted by atomic mass is 9.78. The van der Waals surface area contributed by atoms with E-state index < -0.39 is 0 Å². The summed E-state index contributed by atoms with van der Waals surface area (Å²) < 4.78 is 5.89. The van der Waals surface area contributed by atoms with Crippen molar-refractivity contribution in [3.8, 4) is 0 Å². The second kappa shape index (κ2) is 6.47. The van der Waals surface area contributed by atoms with Crippen molar-refractivity contribution in [2.75, 3.05) is 20.2 Å². The quantitative estimate of drug-likeness (QED) is 0.929. The van der Waals surface area contributed by atoms with Crippen LogP contribution in [0.25, 0.3) is 0 Å². The molecule has 3 heteroatoms. The number of rotatable bonds is 3. The van der Waals surface area contributed by atoms with Gasteiger partial charge < -0.3 is 10.5 Å². The lowest BCUT2D eigenvalue weighted by Crippen LogP contribution is -2.47. The molecule has 0 aromatic heterocycles. The molecular weight excluding hydrogens is 260 g/mol. The first kappa shape index (κ1) is 15.0. The Kier molecular flexibility index (Phi) is 4.63. The molecule has 1 aromatic carbocycles. The number of benzene rings is 1. The molecule has 116 valence electrons. The zero-order valence-electron chi connectivity index (χ0n) is 13.3. The van der Waals surface area contributed by atoms with E-state index in [1.54, 1.807) is 0 Å². The molecule has 0 bridgehead atoms. The van der Waals surface area contributed by atoms with E-state index in [1.165, 1.54) is 30.4 Å². The van der Waals surface area contributed by atoms with Crippen molar-refractivity contribution in [3.05, 3.63) is 35.4 Å². The van der Waals surface area contributed by atoms with E-state index in [0.29, 0.717) is 18.1 Å². The Morgan fingerprint density at radius 3 is 2.71 bits per heavy atom. The van der Waals surface area contributed by atoms with Crippen molar-refractivity contribution in [1.82, 2.24) is 4.90 Å². The topological polar surface area (TPSA) is 38.5 Å². The van der Waals surface area contributed by atoms with Gasteiger partial charge in [0.1, 0.15) is 0 Å². The van der Waals surface area contributed by atoms with Gasteiger partial charge in [-0.15, -0.1) is 0 Å². The third-order valence-electron chi connectivity index (χ3n) is 5.23. The van der Waals surface area contributed by atoms with Gasteiger partial charge in [0.25, 0.3) is 0 Å². The van der Waals surface area contributed by atoms with E-state index in [4.69, 9.17) is 10.5 Å². The van der Waals surface area contributed by atoms with Gasteiger partial charge in [0.2, 0.25) is 0 Å². The van der Waals surface area contributed by atoms with Crippen molar-refractivity contribution in [1.29, 1.82) is 0 Å². The number of hydrogen-bond donors (Lipinski definition) is 1. The molecule has 0 radical (unpaired) electrons. The van der Waals surface area contributed by atoms with Gasteiger partial charge in [-0.1, -0.05) is 31.2 Å². The van der Waals surface area contributed by atoms with Gasteiger partial charge in [0, 0.05) is 25.2 Å². The third kappa shape index (κ3) is 3.15. The predicted octanol–water partition coefficient (Wildman–Crippen LogP) is 3.06. The van der Waals surface area contributed by atoms with Gasteiger partial charge >= 0.3 is 0 Å². The molecule has 3 nitrogen and oxygen atoms in total. The van der Waals surface area contributed by atoms with Crippen LogP contribution in [0.2, 0.25) is 0 Å². The van der Waals surface area contributed by atoms with Crippen molar-refractivity contribution in [2.45, 2.75) is 56.7 Å². The zero-order chi connectivity index (χ0) is 14.8. The molecule has 1 saturated heterocycles. The highest BCUT2D eigenvalue weighted by atomic mass is 16.5. The maximum atomic E-state index is 6.58. The maximum Gasteiger partial charge on any atom is 0.0702 e. The van der Waals surface area contributed by atoms with E-state index in [-0.39, 0.29) is 6.04 Å². The molecule has 1 heterocycles. The molecule has 3 rings (SSSR count). The zero-order valence-corrected chi connectivity index (χ0v) is 13.3. The number of likely N-dealkylation sites (N-methyl/N-ethyl adjacent to an activating group) is 1. The monoisotopic (exact) mass is 288 g/mol. The largest absolute Gasteiger partial charge is 0.377 e. The highest BCUT2D eigenvalue weighted by Gasteiger charge is 2.33. The van der Waals surface area contributed by atoms with E-state index in [9.17, 15) is 0 Å². The molecule has 0 spiro atoms. The Hall–Kier alpha value is -0.900. The van der Waals surface area contributed by atoms with Crippen molar-refractivity contribution < 1.29 is 4.74 Å². The van der Waals surface area contributed by atoms with Crippen molar-refractivity contribution in [3.63, 3.8) is 0 Å². The number of ether oxygens (including phenoxy) is 1. The fourth-order valence-corrected chi connectivity index (χ4v) is 3.97. The molecule has 0 saturated carbocycles. The SMILES string of the molecule is CC1CC(N(C)CC2CCCCO2)C(N)c2ccccc21. The number of fused-ring (bicyclic) bond motifs is 1. The van der Waals surface area contributed by atoms with Crippen LogP contribution in [-0.4, -0.2) is 37.2 Å². The molecule has 1 fully saturated rings. The lowest BCUT2D eigenvalue weighted by molar-refractivity contribution is -0.0119. The van der Waals surface area contributed by atoms with Gasteiger partial charge in [-0.05, 0) is 49.8 Å². The van der Waals surface area contributed by atoms with Crippen LogP contribution in [-0.2, 0) is 4.74 Å². The summed E-state index contributed by atoms with van der Waals surface area (Å²) in [5.41, 5.74) is 9.34. The normalized spacial score (nSPS) is 33.0. The highest BCUT2D eigenvalue weighted by Crippen LogP contribution is 2.38. The summed E-state index contributed by atoms with van der Waals surface area (Å²) in [6, 6.07) is 9.21. The molecule has 2 aliphatic rings. The fourth-order valence-electron chi connectivity index (χ4n) is 3.97. The van der Waals surface area contributed by atoms with Gasteiger partial charge in [-0.25, -0.2) is 0 Å². The smallest absolute Gasteiger partial charge is 0.0702 e. The molecular formula is C18H28N2O. The highest BCUT2D eigenvalue weighted by molar-refractivity contribution is 5.36. The summed E-state index contributed by atoms with van der Waals surface area (Å²) in [4.78, 5) is 2.44. The van der Waals surface area contributed by atoms with Gasteiger partial charge in [-0.3, -0.25) is 4.90 Å². The van der Waals surface area contributed by atoms with Crippen LogP contribution in [0.15, 0.2) is 24.3 Å². The van der Waals surface area contributed by atoms with E-state index in [0.717, 1.165) is 19.6 Å². The van der Waals surface area contributed by atoms with Crippen LogP contribution in [0, 0.1) is 0 Å². The van der Waals surface area contributed by atoms with E-state index in [1.807, 2.05) is 0 Å². The minimum absolute atomic E-state index is 0.117. The Morgan fingerprint density at radius 1 is 1.24 bits per heavy atom. The first-order chi connectivity index (χ1) is 10.2. The molecule has 4 atom stereocenters. The van der Waals surface area contributed by atoms with Gasteiger partial charge in [0.15, 0.2) is 0 Å². The number of nitrogens with two attached hydrogens (primary N) is 1. The Labute approximate surface area is 128 Å². The minimum Gasteiger partial charge on any atom is -0.377 e. The summed E-state index contributed by atoms with van der Waals surface area (Å²) in [6.45, 7) is 4.25. The summed E-state index contributed by atoms with van der Waals surface area (Å²) in [5, 5.41) is 0. The average molecular weight is 288 g/mol. The van der Waals surface area contributed by atoms with Crippen molar-refractivity contribution >= 4 is 0 Å². The number of hydrogen-bond acceptors (Lipinski definition) is 3. The lowest BCUT2D eigenvalue weighted by Gasteiger charge is -2.41. The van der Waals surface area contributed by atoms with E-state index in [2.05, 4.69) is 43.1 Å². The Bertz CT molecular complexity index is 470. The second-order valence-electron chi connectivity index (χ2n) is 6.79. The molecule has 1 aliphatic carbocycles. The predicted molar refractivity (Wildman–Crippen MR) is 86.4 cm³/mol. The summed E-state index contributed by atoms with van der Waals surface area (Å²) >= 11 is 0. The van der Waals surface area contributed by atoms with Gasteiger partial charge in [-0.2, -0.15) is 0 Å².